The van der Waals surface area contributed by atoms with Crippen molar-refractivity contribution < 1.29 is 37.0 Å². The van der Waals surface area contributed by atoms with Crippen LogP contribution in [0.5, 0.6) is 0 Å². The number of carboxylic acids is 1. The van der Waals surface area contributed by atoms with Crippen molar-refractivity contribution in [1.29, 1.82) is 0 Å². The van der Waals surface area contributed by atoms with E-state index in [1.54, 1.807) is 6.92 Å². The van der Waals surface area contributed by atoms with Gasteiger partial charge in [-0.1, -0.05) is 0 Å². The molecule has 0 atom stereocenters. The second kappa shape index (κ2) is 7.11. The predicted molar refractivity (Wildman–Crippen MR) is 63.6 cm³/mol. The molecule has 1 amide bonds. The minimum Gasteiger partial charge on any atom is -0.475 e. The highest BCUT2D eigenvalue weighted by Crippen LogP contribution is 2.20. The SMILES string of the molecule is CCOCCN(Cc1ccc(C(=O)O)o1)C(=O)C(F)(F)F. The average molecular weight is 309 g/mol. The van der Waals surface area contributed by atoms with Gasteiger partial charge < -0.3 is 19.2 Å². The zero-order chi connectivity index (χ0) is 16.0. The van der Waals surface area contributed by atoms with Gasteiger partial charge in [-0.3, -0.25) is 4.79 Å². The molecule has 0 aliphatic heterocycles. The van der Waals surface area contributed by atoms with Crippen molar-refractivity contribution in [2.75, 3.05) is 19.8 Å². The Morgan fingerprint density at radius 3 is 2.52 bits per heavy atom. The van der Waals surface area contributed by atoms with Crippen molar-refractivity contribution in [3.8, 4) is 0 Å². The van der Waals surface area contributed by atoms with E-state index in [0.29, 0.717) is 11.5 Å². The van der Waals surface area contributed by atoms with E-state index in [-0.39, 0.29) is 18.9 Å². The van der Waals surface area contributed by atoms with E-state index in [1.807, 2.05) is 0 Å². The zero-order valence-electron chi connectivity index (χ0n) is 11.1. The maximum absolute atomic E-state index is 12.5. The monoisotopic (exact) mass is 309 g/mol. The van der Waals surface area contributed by atoms with Crippen LogP contribution < -0.4 is 0 Å². The Labute approximate surface area is 118 Å². The number of carboxylic acid groups (broad SMARTS) is 1. The summed E-state index contributed by atoms with van der Waals surface area (Å²) in [4.78, 5) is 22.4. The molecule has 0 aromatic carbocycles. The minimum absolute atomic E-state index is 0.0542. The molecule has 1 aromatic rings. The molecule has 0 unspecified atom stereocenters. The quantitative estimate of drug-likeness (QED) is 0.778. The molecule has 0 radical (unpaired) electrons. The van der Waals surface area contributed by atoms with Gasteiger partial charge in [-0.05, 0) is 19.1 Å². The van der Waals surface area contributed by atoms with Crippen LogP contribution >= 0.6 is 0 Å². The third kappa shape index (κ3) is 5.10. The van der Waals surface area contributed by atoms with Crippen molar-refractivity contribution in [1.82, 2.24) is 4.90 Å². The summed E-state index contributed by atoms with van der Waals surface area (Å²) < 4.78 is 47.2. The first-order valence-corrected chi connectivity index (χ1v) is 6.01. The highest BCUT2D eigenvalue weighted by Gasteiger charge is 2.42. The van der Waals surface area contributed by atoms with Gasteiger partial charge in [0.25, 0.3) is 0 Å². The fraction of sp³-hybridized carbons (Fsp3) is 0.500. The molecule has 6 nitrogen and oxygen atoms in total. The Kier molecular flexibility index (Phi) is 5.77. The Morgan fingerprint density at radius 2 is 2.05 bits per heavy atom. The highest BCUT2D eigenvalue weighted by molar-refractivity contribution is 5.84. The molecule has 1 N–H and O–H groups in total. The number of furan rings is 1. The van der Waals surface area contributed by atoms with Gasteiger partial charge in [-0.15, -0.1) is 0 Å². The van der Waals surface area contributed by atoms with Crippen molar-refractivity contribution in [2.45, 2.75) is 19.6 Å². The summed E-state index contributed by atoms with van der Waals surface area (Å²) in [7, 11) is 0. The van der Waals surface area contributed by atoms with Gasteiger partial charge in [0.05, 0.1) is 13.2 Å². The lowest BCUT2D eigenvalue weighted by Crippen LogP contribution is -2.42. The smallest absolute Gasteiger partial charge is 0.471 e. The molecular weight excluding hydrogens is 295 g/mol. The fourth-order valence-corrected chi connectivity index (χ4v) is 1.52. The summed E-state index contributed by atoms with van der Waals surface area (Å²) in [6.07, 6.45) is -5.02. The van der Waals surface area contributed by atoms with E-state index in [4.69, 9.17) is 14.3 Å². The Morgan fingerprint density at radius 1 is 1.38 bits per heavy atom. The molecule has 0 fully saturated rings. The first kappa shape index (κ1) is 17.0. The number of rotatable bonds is 7. The van der Waals surface area contributed by atoms with E-state index >= 15 is 0 Å². The standard InChI is InChI=1S/C12H14F3NO5/c1-2-20-6-5-16(11(19)12(13,14)15)7-8-3-4-9(21-8)10(17)18/h3-4H,2,5-7H2,1H3,(H,17,18). The van der Waals surface area contributed by atoms with E-state index in [0.717, 1.165) is 6.07 Å². The van der Waals surface area contributed by atoms with Crippen LogP contribution in [0, 0.1) is 0 Å². The van der Waals surface area contributed by atoms with E-state index in [9.17, 15) is 22.8 Å². The molecule has 0 aliphatic carbocycles. The van der Waals surface area contributed by atoms with Crippen LogP contribution in [-0.2, 0) is 16.1 Å². The van der Waals surface area contributed by atoms with Gasteiger partial charge >= 0.3 is 18.1 Å². The Hall–Kier alpha value is -2.03. The molecule has 0 saturated carbocycles. The van der Waals surface area contributed by atoms with Crippen molar-refractivity contribution in [3.05, 3.63) is 23.7 Å². The van der Waals surface area contributed by atoms with Crippen LogP contribution in [0.4, 0.5) is 13.2 Å². The molecular formula is C12H14F3NO5. The van der Waals surface area contributed by atoms with Gasteiger partial charge in [0.15, 0.2) is 0 Å². The Bertz CT molecular complexity index is 497. The van der Waals surface area contributed by atoms with Gasteiger partial charge in [0.1, 0.15) is 5.76 Å². The highest BCUT2D eigenvalue weighted by atomic mass is 19.4. The van der Waals surface area contributed by atoms with Crippen LogP contribution in [0.15, 0.2) is 16.5 Å². The molecule has 118 valence electrons. The summed E-state index contributed by atoms with van der Waals surface area (Å²) in [5.74, 6) is -3.84. The Balaban J connectivity index is 2.80. The van der Waals surface area contributed by atoms with Crippen LogP contribution in [0.3, 0.4) is 0 Å². The van der Waals surface area contributed by atoms with Gasteiger partial charge in [0, 0.05) is 13.2 Å². The number of nitrogens with zero attached hydrogens (tertiary/aromatic N) is 1. The number of halogens is 3. The van der Waals surface area contributed by atoms with E-state index in [1.165, 1.54) is 6.07 Å². The third-order valence-corrected chi connectivity index (χ3v) is 2.46. The molecule has 0 aliphatic rings. The van der Waals surface area contributed by atoms with Crippen molar-refractivity contribution in [3.63, 3.8) is 0 Å². The largest absolute Gasteiger partial charge is 0.475 e. The van der Waals surface area contributed by atoms with Crippen LogP contribution in [0.1, 0.15) is 23.2 Å². The summed E-state index contributed by atoms with van der Waals surface area (Å²) in [5, 5.41) is 8.67. The fourth-order valence-electron chi connectivity index (χ4n) is 1.52. The lowest BCUT2D eigenvalue weighted by atomic mass is 10.3. The van der Waals surface area contributed by atoms with Gasteiger partial charge in [-0.25, -0.2) is 4.79 Å². The summed E-state index contributed by atoms with van der Waals surface area (Å²) in [5.41, 5.74) is 0. The van der Waals surface area contributed by atoms with Crippen molar-refractivity contribution >= 4 is 11.9 Å². The topological polar surface area (TPSA) is 80.0 Å². The molecule has 0 saturated heterocycles. The number of ether oxygens (including phenoxy) is 1. The maximum Gasteiger partial charge on any atom is 0.471 e. The molecule has 0 bridgehead atoms. The molecule has 1 heterocycles. The maximum atomic E-state index is 12.5. The second-order valence-corrected chi connectivity index (χ2v) is 3.99. The summed E-state index contributed by atoms with van der Waals surface area (Å²) in [6, 6.07) is 2.32. The lowest BCUT2D eigenvalue weighted by molar-refractivity contribution is -0.187. The predicted octanol–water partition coefficient (Wildman–Crippen LogP) is 1.91. The summed E-state index contributed by atoms with van der Waals surface area (Å²) >= 11 is 0. The van der Waals surface area contributed by atoms with Crippen LogP contribution in [0.25, 0.3) is 0 Å². The van der Waals surface area contributed by atoms with Crippen molar-refractivity contribution in [2.24, 2.45) is 0 Å². The minimum atomic E-state index is -5.02. The summed E-state index contributed by atoms with van der Waals surface area (Å²) in [6.45, 7) is 1.14. The first-order valence-electron chi connectivity index (χ1n) is 6.01. The van der Waals surface area contributed by atoms with E-state index < -0.39 is 30.4 Å². The number of aromatic carboxylic acids is 1. The van der Waals surface area contributed by atoms with Gasteiger partial charge in [-0.2, -0.15) is 13.2 Å². The first-order chi connectivity index (χ1) is 9.75. The molecule has 0 spiro atoms. The third-order valence-electron chi connectivity index (χ3n) is 2.46. The van der Waals surface area contributed by atoms with E-state index in [2.05, 4.69) is 0 Å². The lowest BCUT2D eigenvalue weighted by Gasteiger charge is -2.22. The second-order valence-electron chi connectivity index (χ2n) is 3.99. The molecule has 1 rings (SSSR count). The number of amides is 1. The number of hydrogen-bond acceptors (Lipinski definition) is 4. The average Bonchev–Trinajstić information content (AvgIpc) is 2.84. The molecule has 21 heavy (non-hydrogen) atoms. The molecule has 1 aromatic heterocycles. The normalized spacial score (nSPS) is 11.4. The van der Waals surface area contributed by atoms with Gasteiger partial charge in [0.2, 0.25) is 5.76 Å². The van der Waals surface area contributed by atoms with Crippen LogP contribution in [0.2, 0.25) is 0 Å². The number of carbonyl (C=O) groups is 2. The zero-order valence-corrected chi connectivity index (χ0v) is 11.1. The number of hydrogen-bond donors (Lipinski definition) is 1. The number of alkyl halides is 3. The number of carbonyl (C=O) groups excluding carboxylic acids is 1. The van der Waals surface area contributed by atoms with Crippen LogP contribution in [-0.4, -0.2) is 47.8 Å². The molecule has 9 heteroatoms.